The monoisotopic (exact) mass is 513 g/mol. The Balaban J connectivity index is 1.86. The summed E-state index contributed by atoms with van der Waals surface area (Å²) in [6.07, 6.45) is 5.03. The summed E-state index contributed by atoms with van der Waals surface area (Å²) in [6, 6.07) is 8.68. The van der Waals surface area contributed by atoms with E-state index in [0.717, 1.165) is 23.0 Å². The van der Waals surface area contributed by atoms with Gasteiger partial charge in [-0.05, 0) is 49.5 Å². The zero-order valence-corrected chi connectivity index (χ0v) is 21.0. The van der Waals surface area contributed by atoms with E-state index in [9.17, 15) is 17.9 Å². The number of benzene rings is 2. The second-order valence-electron chi connectivity index (χ2n) is 7.98. The molecule has 0 saturated heterocycles. The van der Waals surface area contributed by atoms with Gasteiger partial charge in [0.15, 0.2) is 0 Å². The number of hydrogen-bond acceptors (Lipinski definition) is 7. The van der Waals surface area contributed by atoms with Gasteiger partial charge in [0.1, 0.15) is 29.5 Å². The molecule has 1 atom stereocenters. The predicted molar refractivity (Wildman–Crippen MR) is 134 cm³/mol. The van der Waals surface area contributed by atoms with E-state index in [0.29, 0.717) is 23.4 Å². The molecule has 0 aliphatic carbocycles. The zero-order valence-electron chi connectivity index (χ0n) is 20.2. The minimum absolute atomic E-state index is 0.0193. The topological polar surface area (TPSA) is 95.3 Å². The summed E-state index contributed by atoms with van der Waals surface area (Å²) in [6.45, 7) is 6.42. The third kappa shape index (κ3) is 4.92. The van der Waals surface area contributed by atoms with Crippen LogP contribution in [0, 0.1) is 5.82 Å². The van der Waals surface area contributed by atoms with E-state index >= 15 is 0 Å². The number of furan rings is 1. The fourth-order valence-electron chi connectivity index (χ4n) is 4.18. The first-order valence-corrected chi connectivity index (χ1v) is 12.5. The lowest BCUT2D eigenvalue weighted by atomic mass is 9.98. The first-order valence-electron chi connectivity index (χ1n) is 11.4. The van der Waals surface area contributed by atoms with E-state index in [-0.39, 0.29) is 29.3 Å². The van der Waals surface area contributed by atoms with Crippen LogP contribution in [-0.2, 0) is 22.6 Å². The van der Waals surface area contributed by atoms with Gasteiger partial charge in [-0.15, -0.1) is 0 Å². The van der Waals surface area contributed by atoms with Crippen molar-refractivity contribution < 1.29 is 31.8 Å². The summed E-state index contributed by atoms with van der Waals surface area (Å²) in [4.78, 5) is 15.1. The maximum atomic E-state index is 14.2. The molecule has 4 rings (SSSR count). The molecule has 0 saturated carbocycles. The second-order valence-corrected chi connectivity index (χ2v) is 8.78. The van der Waals surface area contributed by atoms with Gasteiger partial charge in [0.25, 0.3) is 0 Å². The molecule has 190 valence electrons. The standard InChI is InChI=1S/C26H27FN2O6S/c1-4-28(5-2)13-6-7-17-15-18(27)8-10-21(17)29(36(31)32)22-11-9-20-19-12-14-34-23(19)16-35-25(20)24(22)26(30)33-3/h6-12,14-15H,4-5,13,16H2,1-3H3,(H,31,32)/p-1. The molecule has 0 fully saturated rings. The van der Waals surface area contributed by atoms with Crippen molar-refractivity contribution >= 4 is 34.7 Å². The normalized spacial score (nSPS) is 13.3. The highest BCUT2D eigenvalue weighted by Crippen LogP contribution is 2.46. The van der Waals surface area contributed by atoms with Gasteiger partial charge in [0.2, 0.25) is 0 Å². The fourth-order valence-corrected chi connectivity index (χ4v) is 4.82. The highest BCUT2D eigenvalue weighted by Gasteiger charge is 2.31. The van der Waals surface area contributed by atoms with Gasteiger partial charge >= 0.3 is 5.97 Å². The molecule has 1 unspecified atom stereocenters. The van der Waals surface area contributed by atoms with Gasteiger partial charge in [-0.1, -0.05) is 26.0 Å². The van der Waals surface area contributed by atoms with Gasteiger partial charge in [0.05, 0.1) is 36.0 Å². The van der Waals surface area contributed by atoms with E-state index in [1.54, 1.807) is 18.2 Å². The number of nitrogens with zero attached hydrogens (tertiary/aromatic N) is 2. The van der Waals surface area contributed by atoms with Gasteiger partial charge < -0.3 is 23.3 Å². The number of hydrogen-bond donors (Lipinski definition) is 0. The van der Waals surface area contributed by atoms with Crippen LogP contribution in [-0.4, -0.2) is 46.4 Å². The number of anilines is 2. The fraction of sp³-hybridized carbons (Fsp3) is 0.269. The van der Waals surface area contributed by atoms with Crippen molar-refractivity contribution in [2.75, 3.05) is 31.0 Å². The van der Waals surface area contributed by atoms with Crippen LogP contribution in [0.5, 0.6) is 5.75 Å². The molecule has 2 aromatic carbocycles. The Bertz CT molecular complexity index is 1320. The number of methoxy groups -OCH3 is 1. The Morgan fingerprint density at radius 3 is 2.61 bits per heavy atom. The molecule has 1 aliphatic rings. The quantitative estimate of drug-likeness (QED) is 0.292. The van der Waals surface area contributed by atoms with Crippen molar-refractivity contribution in [1.29, 1.82) is 0 Å². The van der Waals surface area contributed by atoms with Gasteiger partial charge in [0, 0.05) is 23.2 Å². The number of carbonyl (C=O) groups excluding carboxylic acids is 1. The van der Waals surface area contributed by atoms with Crippen molar-refractivity contribution in [1.82, 2.24) is 4.90 Å². The molecular formula is C26H26FN2O6S-. The average Bonchev–Trinajstić information content (AvgIpc) is 3.36. The van der Waals surface area contributed by atoms with E-state index in [1.807, 2.05) is 19.9 Å². The predicted octanol–water partition coefficient (Wildman–Crippen LogP) is 5.05. The van der Waals surface area contributed by atoms with Crippen molar-refractivity contribution in [3.63, 3.8) is 0 Å². The van der Waals surface area contributed by atoms with E-state index in [4.69, 9.17) is 13.9 Å². The van der Waals surface area contributed by atoms with Gasteiger partial charge in [-0.2, -0.15) is 0 Å². The van der Waals surface area contributed by atoms with Crippen molar-refractivity contribution in [2.45, 2.75) is 20.5 Å². The number of esters is 1. The maximum absolute atomic E-state index is 14.2. The molecule has 3 aromatic rings. The van der Waals surface area contributed by atoms with Crippen LogP contribution in [0.25, 0.3) is 17.2 Å². The van der Waals surface area contributed by atoms with Crippen molar-refractivity contribution in [3.05, 3.63) is 71.4 Å². The van der Waals surface area contributed by atoms with Crippen LogP contribution in [0.3, 0.4) is 0 Å². The second kappa shape index (κ2) is 11.1. The number of rotatable bonds is 9. The van der Waals surface area contributed by atoms with Crippen LogP contribution in [0.1, 0.15) is 35.5 Å². The Morgan fingerprint density at radius 1 is 1.17 bits per heavy atom. The lowest BCUT2D eigenvalue weighted by Crippen LogP contribution is -2.24. The molecule has 10 heteroatoms. The molecular weight excluding hydrogens is 487 g/mol. The molecule has 0 radical (unpaired) electrons. The largest absolute Gasteiger partial charge is 0.755 e. The lowest BCUT2D eigenvalue weighted by molar-refractivity contribution is 0.0596. The molecule has 1 aliphatic heterocycles. The van der Waals surface area contributed by atoms with Crippen LogP contribution in [0.15, 0.2) is 53.2 Å². The first kappa shape index (κ1) is 25.6. The summed E-state index contributed by atoms with van der Waals surface area (Å²) < 4.78 is 56.6. The Labute approximate surface area is 211 Å². The summed E-state index contributed by atoms with van der Waals surface area (Å²) in [5.74, 6) is -0.517. The third-order valence-corrected chi connectivity index (χ3v) is 6.73. The average molecular weight is 514 g/mol. The Kier molecular flexibility index (Phi) is 7.88. The highest BCUT2D eigenvalue weighted by molar-refractivity contribution is 7.81. The molecule has 0 bridgehead atoms. The van der Waals surface area contributed by atoms with Crippen LogP contribution in [0.2, 0.25) is 0 Å². The van der Waals surface area contributed by atoms with E-state index in [1.165, 1.54) is 37.6 Å². The molecule has 2 heterocycles. The molecule has 0 N–H and O–H groups in total. The number of fused-ring (bicyclic) bond motifs is 3. The van der Waals surface area contributed by atoms with Crippen molar-refractivity contribution in [3.8, 4) is 16.9 Å². The third-order valence-electron chi connectivity index (χ3n) is 6.04. The number of halogens is 1. The molecule has 0 spiro atoms. The number of carbonyl (C=O) groups is 1. The summed E-state index contributed by atoms with van der Waals surface area (Å²) in [5.41, 5.74) is 1.77. The van der Waals surface area contributed by atoms with Gasteiger partial charge in [-0.25, -0.2) is 9.18 Å². The zero-order chi connectivity index (χ0) is 25.8. The Hall–Kier alpha value is -3.47. The minimum Gasteiger partial charge on any atom is -0.755 e. The maximum Gasteiger partial charge on any atom is 0.343 e. The highest BCUT2D eigenvalue weighted by atomic mass is 32.2. The lowest BCUT2D eigenvalue weighted by Gasteiger charge is -2.31. The van der Waals surface area contributed by atoms with Crippen LogP contribution < -0.4 is 9.04 Å². The summed E-state index contributed by atoms with van der Waals surface area (Å²) in [7, 11) is 1.20. The summed E-state index contributed by atoms with van der Waals surface area (Å²) >= 11 is -2.87. The number of likely N-dealkylation sites (N-methyl/N-ethyl adjacent to an activating group) is 1. The van der Waals surface area contributed by atoms with Crippen LogP contribution in [0.4, 0.5) is 15.8 Å². The molecule has 0 amide bonds. The van der Waals surface area contributed by atoms with E-state index in [2.05, 4.69) is 4.90 Å². The smallest absolute Gasteiger partial charge is 0.343 e. The Morgan fingerprint density at radius 2 is 1.92 bits per heavy atom. The SMILES string of the molecule is CCN(CC)CC=Cc1cc(F)ccc1N(c1ccc2c(c1C(=O)OC)OCc1occc1-2)S(=O)[O-]. The van der Waals surface area contributed by atoms with E-state index < -0.39 is 23.1 Å². The van der Waals surface area contributed by atoms with Gasteiger partial charge in [-0.3, -0.25) is 8.51 Å². The van der Waals surface area contributed by atoms with Crippen molar-refractivity contribution in [2.24, 2.45) is 0 Å². The molecule has 36 heavy (non-hydrogen) atoms. The first-order chi connectivity index (χ1) is 17.4. The summed E-state index contributed by atoms with van der Waals surface area (Å²) in [5, 5.41) is 0. The minimum atomic E-state index is -2.87. The molecule has 8 nitrogen and oxygen atoms in total. The van der Waals surface area contributed by atoms with Crippen LogP contribution >= 0.6 is 0 Å². The molecule has 1 aromatic heterocycles. The number of ether oxygens (including phenoxy) is 2.